The van der Waals surface area contributed by atoms with Crippen molar-refractivity contribution in [3.05, 3.63) is 38.2 Å². The number of hydrogen-bond acceptors (Lipinski definition) is 5. The highest BCUT2D eigenvalue weighted by Crippen LogP contribution is 2.40. The fourth-order valence-electron chi connectivity index (χ4n) is 3.86. The van der Waals surface area contributed by atoms with Crippen molar-refractivity contribution in [2.24, 2.45) is 11.7 Å². The van der Waals surface area contributed by atoms with Gasteiger partial charge in [0.25, 0.3) is 11.5 Å². The van der Waals surface area contributed by atoms with Crippen LogP contribution in [0.3, 0.4) is 0 Å². The molecule has 27 heavy (non-hydrogen) atoms. The fraction of sp³-hybridized carbons (Fsp3) is 0.579. The summed E-state index contributed by atoms with van der Waals surface area (Å²) in [7, 11) is 0. The van der Waals surface area contributed by atoms with Crippen molar-refractivity contribution in [2.75, 3.05) is 19.6 Å². The molecule has 3 N–H and O–H groups in total. The third-order valence-electron chi connectivity index (χ3n) is 5.55. The van der Waals surface area contributed by atoms with Gasteiger partial charge < -0.3 is 10.6 Å². The van der Waals surface area contributed by atoms with Crippen molar-refractivity contribution in [2.45, 2.75) is 45.1 Å². The molecular formula is C19H25N5O3. The van der Waals surface area contributed by atoms with E-state index < -0.39 is 11.2 Å². The van der Waals surface area contributed by atoms with E-state index in [1.54, 1.807) is 11.0 Å². The normalized spacial score (nSPS) is 19.8. The first kappa shape index (κ1) is 17.9. The largest absolute Gasteiger partial charge is 0.338 e. The summed E-state index contributed by atoms with van der Waals surface area (Å²) in [5.41, 5.74) is 6.21. The minimum atomic E-state index is -0.546. The van der Waals surface area contributed by atoms with Crippen molar-refractivity contribution >= 4 is 16.9 Å². The zero-order valence-electron chi connectivity index (χ0n) is 15.5. The standard InChI is InChI=1S/C19H25N5O3/c1-2-6-24-16-15(17(25)22-19(24)27)13(8-14(21-16)12-3-4-12)18(26)23-7-5-11(9-20)10-23/h8,11-12H,2-7,9-10,20H2,1H3,(H,22,25,27). The summed E-state index contributed by atoms with van der Waals surface area (Å²) < 4.78 is 1.48. The Morgan fingerprint density at radius 3 is 2.74 bits per heavy atom. The van der Waals surface area contributed by atoms with Gasteiger partial charge in [0.1, 0.15) is 0 Å². The van der Waals surface area contributed by atoms with Gasteiger partial charge in [-0.25, -0.2) is 9.78 Å². The first-order chi connectivity index (χ1) is 13.0. The zero-order valence-corrected chi connectivity index (χ0v) is 15.5. The summed E-state index contributed by atoms with van der Waals surface area (Å²) in [5.74, 6) is 0.426. The molecule has 2 aromatic rings. The fourth-order valence-corrected chi connectivity index (χ4v) is 3.86. The summed E-state index contributed by atoms with van der Waals surface area (Å²) in [4.78, 5) is 46.9. The van der Waals surface area contributed by atoms with E-state index in [1.165, 1.54) is 4.57 Å². The van der Waals surface area contributed by atoms with Gasteiger partial charge >= 0.3 is 5.69 Å². The van der Waals surface area contributed by atoms with Crippen LogP contribution in [0.5, 0.6) is 0 Å². The Balaban J connectivity index is 1.91. The van der Waals surface area contributed by atoms with Crippen LogP contribution in [0.2, 0.25) is 0 Å². The highest BCUT2D eigenvalue weighted by molar-refractivity contribution is 6.05. The van der Waals surface area contributed by atoms with Crippen LogP contribution in [0.25, 0.3) is 11.0 Å². The lowest BCUT2D eigenvalue weighted by Gasteiger charge is -2.19. The molecule has 2 fully saturated rings. The highest BCUT2D eigenvalue weighted by Gasteiger charge is 2.32. The molecule has 1 aliphatic carbocycles. The Morgan fingerprint density at radius 2 is 2.11 bits per heavy atom. The summed E-state index contributed by atoms with van der Waals surface area (Å²) >= 11 is 0. The van der Waals surface area contributed by atoms with E-state index in [2.05, 4.69) is 9.97 Å². The topological polar surface area (TPSA) is 114 Å². The molecule has 8 nitrogen and oxygen atoms in total. The lowest BCUT2D eigenvalue weighted by molar-refractivity contribution is 0.0789. The zero-order chi connectivity index (χ0) is 19.1. The highest BCUT2D eigenvalue weighted by atomic mass is 16.2. The van der Waals surface area contributed by atoms with Gasteiger partial charge in [-0.15, -0.1) is 0 Å². The van der Waals surface area contributed by atoms with E-state index in [-0.39, 0.29) is 11.3 Å². The van der Waals surface area contributed by atoms with Gasteiger partial charge in [-0.1, -0.05) is 6.92 Å². The van der Waals surface area contributed by atoms with Crippen LogP contribution in [-0.4, -0.2) is 45.0 Å². The van der Waals surface area contributed by atoms with Crippen LogP contribution in [0.1, 0.15) is 54.6 Å². The Kier molecular flexibility index (Phi) is 4.59. The molecule has 1 saturated carbocycles. The number of fused-ring (bicyclic) bond motifs is 1. The van der Waals surface area contributed by atoms with Crippen molar-refractivity contribution in [3.63, 3.8) is 0 Å². The molecule has 3 heterocycles. The van der Waals surface area contributed by atoms with Crippen LogP contribution in [0, 0.1) is 5.92 Å². The molecule has 0 bridgehead atoms. The minimum Gasteiger partial charge on any atom is -0.338 e. The quantitative estimate of drug-likeness (QED) is 0.807. The maximum Gasteiger partial charge on any atom is 0.329 e. The number of H-pyrrole nitrogens is 1. The molecule has 2 aromatic heterocycles. The molecule has 0 radical (unpaired) electrons. The first-order valence-corrected chi connectivity index (χ1v) is 9.70. The lowest BCUT2D eigenvalue weighted by Crippen LogP contribution is -2.35. The number of nitrogens with one attached hydrogen (secondary N) is 1. The van der Waals surface area contributed by atoms with Gasteiger partial charge in [-0.3, -0.25) is 19.1 Å². The van der Waals surface area contributed by atoms with Gasteiger partial charge in [0.2, 0.25) is 0 Å². The second kappa shape index (κ2) is 6.92. The maximum absolute atomic E-state index is 13.2. The number of aryl methyl sites for hydroxylation is 1. The summed E-state index contributed by atoms with van der Waals surface area (Å²) in [6, 6.07) is 1.76. The van der Waals surface area contributed by atoms with E-state index >= 15 is 0 Å². The lowest BCUT2D eigenvalue weighted by atomic mass is 10.1. The number of carbonyl (C=O) groups excluding carboxylic acids is 1. The van der Waals surface area contributed by atoms with E-state index in [0.29, 0.717) is 49.2 Å². The van der Waals surface area contributed by atoms with Crippen LogP contribution in [-0.2, 0) is 6.54 Å². The SMILES string of the molecule is CCCn1c(=O)[nH]c(=O)c2c(C(=O)N3CCC(CN)C3)cc(C3CC3)nc21. The molecule has 8 heteroatoms. The molecule has 1 saturated heterocycles. The smallest absolute Gasteiger partial charge is 0.329 e. The average Bonchev–Trinajstić information content (AvgIpc) is 3.40. The number of amides is 1. The Hall–Kier alpha value is -2.48. The molecular weight excluding hydrogens is 346 g/mol. The van der Waals surface area contributed by atoms with Crippen LogP contribution < -0.4 is 17.0 Å². The molecule has 1 atom stereocenters. The minimum absolute atomic E-state index is 0.174. The number of aromatic nitrogens is 3. The number of aromatic amines is 1. The third-order valence-corrected chi connectivity index (χ3v) is 5.55. The number of hydrogen-bond donors (Lipinski definition) is 2. The van der Waals surface area contributed by atoms with Crippen LogP contribution in [0.4, 0.5) is 0 Å². The van der Waals surface area contributed by atoms with Gasteiger partial charge in [-0.2, -0.15) is 0 Å². The summed E-state index contributed by atoms with van der Waals surface area (Å²) in [6.45, 7) is 4.18. The molecule has 4 rings (SSSR count). The van der Waals surface area contributed by atoms with Crippen molar-refractivity contribution < 1.29 is 4.79 Å². The second-order valence-corrected chi connectivity index (χ2v) is 7.62. The van der Waals surface area contributed by atoms with E-state index in [4.69, 9.17) is 5.73 Å². The maximum atomic E-state index is 13.2. The van der Waals surface area contributed by atoms with Crippen LogP contribution >= 0.6 is 0 Å². The van der Waals surface area contributed by atoms with Gasteiger partial charge in [0.15, 0.2) is 5.65 Å². The second-order valence-electron chi connectivity index (χ2n) is 7.62. The number of carbonyl (C=O) groups is 1. The number of pyridine rings is 1. The average molecular weight is 371 g/mol. The molecule has 144 valence electrons. The van der Waals surface area contributed by atoms with Crippen LogP contribution in [0.15, 0.2) is 15.7 Å². The van der Waals surface area contributed by atoms with Crippen molar-refractivity contribution in [1.29, 1.82) is 0 Å². The van der Waals surface area contributed by atoms with E-state index in [9.17, 15) is 14.4 Å². The summed E-state index contributed by atoms with van der Waals surface area (Å²) in [5, 5.41) is 0.216. The Morgan fingerprint density at radius 1 is 1.33 bits per heavy atom. The first-order valence-electron chi connectivity index (χ1n) is 9.70. The van der Waals surface area contributed by atoms with E-state index in [1.807, 2.05) is 6.92 Å². The van der Waals surface area contributed by atoms with E-state index in [0.717, 1.165) is 31.4 Å². The Labute approximate surface area is 156 Å². The van der Waals surface area contributed by atoms with Crippen molar-refractivity contribution in [3.8, 4) is 0 Å². The van der Waals surface area contributed by atoms with Gasteiger partial charge in [0, 0.05) is 31.2 Å². The van der Waals surface area contributed by atoms with Crippen molar-refractivity contribution in [1.82, 2.24) is 19.4 Å². The summed E-state index contributed by atoms with van der Waals surface area (Å²) in [6.07, 6.45) is 3.64. The number of nitrogens with zero attached hydrogens (tertiary/aromatic N) is 3. The monoisotopic (exact) mass is 371 g/mol. The van der Waals surface area contributed by atoms with Gasteiger partial charge in [-0.05, 0) is 44.2 Å². The molecule has 0 aromatic carbocycles. The number of rotatable bonds is 5. The molecule has 0 spiro atoms. The molecule has 1 unspecified atom stereocenters. The molecule has 1 amide bonds. The predicted molar refractivity (Wildman–Crippen MR) is 102 cm³/mol. The number of nitrogens with two attached hydrogens (primary N) is 1. The Bertz CT molecular complexity index is 1000. The molecule has 1 aliphatic heterocycles. The third kappa shape index (κ3) is 3.18. The predicted octanol–water partition coefficient (Wildman–Crippen LogP) is 0.793. The molecule has 2 aliphatic rings. The number of likely N-dealkylation sites (tertiary alicyclic amines) is 1. The van der Waals surface area contributed by atoms with Gasteiger partial charge in [0.05, 0.1) is 10.9 Å².